The van der Waals surface area contributed by atoms with E-state index in [1.54, 1.807) is 22.6 Å². The van der Waals surface area contributed by atoms with E-state index in [2.05, 4.69) is 4.98 Å². The predicted molar refractivity (Wildman–Crippen MR) is 42.3 cm³/mol. The first-order valence-electron chi connectivity index (χ1n) is 2.50. The van der Waals surface area contributed by atoms with Crippen molar-refractivity contribution < 1.29 is 9.18 Å². The molecule has 1 aromatic heterocycles. The van der Waals surface area contributed by atoms with Gasteiger partial charge in [-0.3, -0.25) is 9.78 Å². The normalized spacial score (nSPS) is 9.40. The van der Waals surface area contributed by atoms with Crippen LogP contribution in [0, 0.1) is 9.39 Å². The highest BCUT2D eigenvalue weighted by atomic mass is 127. The second-order valence-corrected chi connectivity index (χ2v) is 2.80. The molecular weight excluding hydrogens is 248 g/mol. The van der Waals surface area contributed by atoms with Crippen molar-refractivity contribution in [1.82, 2.24) is 4.98 Å². The van der Waals surface area contributed by atoms with Gasteiger partial charge in [0.1, 0.15) is 11.5 Å². The minimum Gasteiger partial charge on any atom is -0.296 e. The molecular formula is C6H3FINO. The lowest BCUT2D eigenvalue weighted by Gasteiger charge is -1.91. The highest BCUT2D eigenvalue weighted by molar-refractivity contribution is 14.1. The van der Waals surface area contributed by atoms with Crippen molar-refractivity contribution in [1.29, 1.82) is 0 Å². The number of rotatable bonds is 1. The number of hydrogen-bond donors (Lipinski definition) is 0. The van der Waals surface area contributed by atoms with Crippen LogP contribution in [0.25, 0.3) is 0 Å². The molecule has 0 aliphatic carbocycles. The van der Waals surface area contributed by atoms with Crippen molar-refractivity contribution >= 4 is 28.9 Å². The summed E-state index contributed by atoms with van der Waals surface area (Å²) in [5.74, 6) is -0.405. The quantitative estimate of drug-likeness (QED) is 0.561. The van der Waals surface area contributed by atoms with Crippen molar-refractivity contribution in [2.45, 2.75) is 0 Å². The Morgan fingerprint density at radius 2 is 2.40 bits per heavy atom. The van der Waals surface area contributed by atoms with E-state index in [9.17, 15) is 9.18 Å². The van der Waals surface area contributed by atoms with Crippen LogP contribution in [0.5, 0.6) is 0 Å². The highest BCUT2D eigenvalue weighted by Gasteiger charge is 1.99. The molecule has 0 atom stereocenters. The Balaban J connectivity index is 3.16. The molecule has 0 N–H and O–H groups in total. The Kier molecular flexibility index (Phi) is 2.31. The summed E-state index contributed by atoms with van der Waals surface area (Å²) in [6.45, 7) is 0. The third-order valence-electron chi connectivity index (χ3n) is 0.950. The lowest BCUT2D eigenvalue weighted by molar-refractivity contribution is 0.111. The predicted octanol–water partition coefficient (Wildman–Crippen LogP) is 1.64. The number of carbonyl (C=O) groups excluding carboxylic acids is 1. The SMILES string of the molecule is O=Cc1cc(F)c(I)cn1. The fourth-order valence-corrected chi connectivity index (χ4v) is 0.788. The summed E-state index contributed by atoms with van der Waals surface area (Å²) in [6, 6.07) is 1.11. The van der Waals surface area contributed by atoms with E-state index in [0.29, 0.717) is 9.86 Å². The summed E-state index contributed by atoms with van der Waals surface area (Å²) < 4.78 is 13.0. The van der Waals surface area contributed by atoms with Crippen molar-refractivity contribution in [2.24, 2.45) is 0 Å². The van der Waals surface area contributed by atoms with E-state index in [-0.39, 0.29) is 5.69 Å². The van der Waals surface area contributed by atoms with Crippen molar-refractivity contribution in [2.75, 3.05) is 0 Å². The molecule has 0 aliphatic rings. The van der Waals surface area contributed by atoms with Gasteiger partial charge < -0.3 is 0 Å². The summed E-state index contributed by atoms with van der Waals surface area (Å²) in [5.41, 5.74) is 0.123. The van der Waals surface area contributed by atoms with Crippen LogP contribution in [0.4, 0.5) is 4.39 Å². The van der Waals surface area contributed by atoms with E-state index in [4.69, 9.17) is 0 Å². The van der Waals surface area contributed by atoms with E-state index in [1.165, 1.54) is 6.20 Å². The first kappa shape index (κ1) is 7.59. The lowest BCUT2D eigenvalue weighted by Crippen LogP contribution is -1.90. The van der Waals surface area contributed by atoms with Gasteiger partial charge in [-0.1, -0.05) is 0 Å². The van der Waals surface area contributed by atoms with Crippen LogP contribution in [0.1, 0.15) is 10.5 Å². The second-order valence-electron chi connectivity index (χ2n) is 1.64. The van der Waals surface area contributed by atoms with Gasteiger partial charge in [0.25, 0.3) is 0 Å². The van der Waals surface area contributed by atoms with Crippen LogP contribution in [-0.4, -0.2) is 11.3 Å². The zero-order chi connectivity index (χ0) is 7.56. The molecule has 1 rings (SSSR count). The lowest BCUT2D eigenvalue weighted by atomic mass is 10.4. The standard InChI is InChI=1S/C6H3FINO/c7-5-1-4(3-10)9-2-6(5)8/h1-3H. The molecule has 0 aliphatic heterocycles. The Bertz CT molecular complexity index is 264. The summed E-state index contributed by atoms with van der Waals surface area (Å²) in [4.78, 5) is 13.7. The van der Waals surface area contributed by atoms with Gasteiger partial charge >= 0.3 is 0 Å². The average molecular weight is 251 g/mol. The zero-order valence-corrected chi connectivity index (χ0v) is 7.00. The Morgan fingerprint density at radius 1 is 1.70 bits per heavy atom. The van der Waals surface area contributed by atoms with Crippen LogP contribution in [-0.2, 0) is 0 Å². The largest absolute Gasteiger partial charge is 0.296 e. The number of aldehydes is 1. The Morgan fingerprint density at radius 3 is 2.90 bits per heavy atom. The highest BCUT2D eigenvalue weighted by Crippen LogP contribution is 2.08. The van der Waals surface area contributed by atoms with Crippen LogP contribution in [0.3, 0.4) is 0 Å². The molecule has 0 radical (unpaired) electrons. The van der Waals surface area contributed by atoms with Crippen molar-refractivity contribution in [3.05, 3.63) is 27.3 Å². The second kappa shape index (κ2) is 3.05. The van der Waals surface area contributed by atoms with Gasteiger partial charge in [-0.05, 0) is 22.6 Å². The van der Waals surface area contributed by atoms with Gasteiger partial charge in [-0.15, -0.1) is 0 Å². The fourth-order valence-electron chi connectivity index (χ4n) is 0.493. The molecule has 0 spiro atoms. The number of aromatic nitrogens is 1. The van der Waals surface area contributed by atoms with Gasteiger partial charge in [0, 0.05) is 12.3 Å². The molecule has 0 unspecified atom stereocenters. The third-order valence-corrected chi connectivity index (χ3v) is 1.74. The van der Waals surface area contributed by atoms with Crippen LogP contribution < -0.4 is 0 Å². The number of carbonyl (C=O) groups is 1. The summed E-state index contributed by atoms with van der Waals surface area (Å²) in [7, 11) is 0. The van der Waals surface area contributed by atoms with E-state index < -0.39 is 5.82 Å². The smallest absolute Gasteiger partial charge is 0.168 e. The van der Waals surface area contributed by atoms with Crippen LogP contribution >= 0.6 is 22.6 Å². The summed E-state index contributed by atoms with van der Waals surface area (Å²) in [6.07, 6.45) is 1.83. The number of halogens is 2. The number of nitrogens with zero attached hydrogens (tertiary/aromatic N) is 1. The van der Waals surface area contributed by atoms with Gasteiger partial charge in [0.15, 0.2) is 6.29 Å². The third kappa shape index (κ3) is 1.50. The topological polar surface area (TPSA) is 30.0 Å². The Hall–Kier alpha value is -0.520. The first-order chi connectivity index (χ1) is 4.74. The number of pyridine rings is 1. The summed E-state index contributed by atoms with van der Waals surface area (Å²) in [5, 5.41) is 0. The monoisotopic (exact) mass is 251 g/mol. The average Bonchev–Trinajstić information content (AvgIpc) is 1.95. The molecule has 0 amide bonds. The maximum absolute atomic E-state index is 12.6. The molecule has 4 heteroatoms. The van der Waals surface area contributed by atoms with Crippen LogP contribution in [0.15, 0.2) is 12.3 Å². The van der Waals surface area contributed by atoms with E-state index in [0.717, 1.165) is 6.07 Å². The molecule has 1 aromatic rings. The minimum absolute atomic E-state index is 0.123. The first-order valence-corrected chi connectivity index (χ1v) is 3.58. The maximum Gasteiger partial charge on any atom is 0.168 e. The van der Waals surface area contributed by atoms with E-state index >= 15 is 0 Å². The maximum atomic E-state index is 12.6. The van der Waals surface area contributed by atoms with Gasteiger partial charge in [-0.25, -0.2) is 4.39 Å². The molecule has 1 heterocycles. The molecule has 0 saturated heterocycles. The van der Waals surface area contributed by atoms with E-state index in [1.807, 2.05) is 0 Å². The van der Waals surface area contributed by atoms with Gasteiger partial charge in [-0.2, -0.15) is 0 Å². The fraction of sp³-hybridized carbons (Fsp3) is 0. The number of hydrogen-bond acceptors (Lipinski definition) is 2. The molecule has 2 nitrogen and oxygen atoms in total. The molecule has 10 heavy (non-hydrogen) atoms. The Labute approximate surface area is 70.6 Å². The molecule has 0 saturated carbocycles. The van der Waals surface area contributed by atoms with Gasteiger partial charge in [0.05, 0.1) is 3.57 Å². The van der Waals surface area contributed by atoms with Crippen molar-refractivity contribution in [3.8, 4) is 0 Å². The minimum atomic E-state index is -0.405. The van der Waals surface area contributed by atoms with Gasteiger partial charge in [0.2, 0.25) is 0 Å². The molecule has 52 valence electrons. The zero-order valence-electron chi connectivity index (χ0n) is 4.84. The van der Waals surface area contributed by atoms with Crippen LogP contribution in [0.2, 0.25) is 0 Å². The van der Waals surface area contributed by atoms with Crippen molar-refractivity contribution in [3.63, 3.8) is 0 Å². The molecule has 0 fully saturated rings. The molecule has 0 bridgehead atoms. The molecule has 0 aromatic carbocycles. The summed E-state index contributed by atoms with van der Waals surface area (Å²) >= 11 is 1.80.